The van der Waals surface area contributed by atoms with E-state index in [1.807, 2.05) is 18.2 Å². The minimum Gasteiger partial charge on any atom is -0.497 e. The van der Waals surface area contributed by atoms with Gasteiger partial charge < -0.3 is 18.9 Å². The molecular weight excluding hydrogens is 404 g/mol. The number of fused-ring (bicyclic) bond motifs is 1. The molecule has 1 saturated heterocycles. The summed E-state index contributed by atoms with van der Waals surface area (Å²) in [5, 5.41) is 0.608. The maximum atomic E-state index is 13.6. The van der Waals surface area contributed by atoms with Crippen LogP contribution in [0.4, 0.5) is 5.13 Å². The lowest BCUT2D eigenvalue weighted by atomic mass is 10.1. The van der Waals surface area contributed by atoms with Crippen molar-refractivity contribution in [1.82, 2.24) is 4.98 Å². The molecule has 0 spiro atoms. The maximum absolute atomic E-state index is 13.6. The SMILES string of the molecule is COc1cc(OC)cc(C(=O)N(CC2CCCO2)c2nc3c(OC)cccc3s2)c1. The Hall–Kier alpha value is -2.84. The Morgan fingerprint density at radius 2 is 1.93 bits per heavy atom. The van der Waals surface area contributed by atoms with Crippen LogP contribution in [0.3, 0.4) is 0 Å². The van der Waals surface area contributed by atoms with E-state index < -0.39 is 0 Å². The van der Waals surface area contributed by atoms with Crippen LogP contribution in [0.5, 0.6) is 17.2 Å². The first-order chi connectivity index (χ1) is 14.6. The van der Waals surface area contributed by atoms with Crippen molar-refractivity contribution in [1.29, 1.82) is 0 Å². The van der Waals surface area contributed by atoms with Crippen LogP contribution in [0.1, 0.15) is 23.2 Å². The van der Waals surface area contributed by atoms with Gasteiger partial charge in [-0.2, -0.15) is 0 Å². The molecule has 1 aliphatic rings. The lowest BCUT2D eigenvalue weighted by Crippen LogP contribution is -2.37. The number of rotatable bonds is 7. The zero-order valence-corrected chi connectivity index (χ0v) is 18.0. The molecule has 30 heavy (non-hydrogen) atoms. The molecule has 1 aromatic heterocycles. The van der Waals surface area contributed by atoms with E-state index >= 15 is 0 Å². The molecule has 7 nitrogen and oxygen atoms in total. The van der Waals surface area contributed by atoms with E-state index in [2.05, 4.69) is 0 Å². The normalized spacial score (nSPS) is 15.9. The summed E-state index contributed by atoms with van der Waals surface area (Å²) in [7, 11) is 4.74. The molecule has 0 aliphatic carbocycles. The first-order valence-electron chi connectivity index (χ1n) is 9.73. The van der Waals surface area contributed by atoms with Crippen LogP contribution in [0.15, 0.2) is 36.4 Å². The number of hydrogen-bond donors (Lipinski definition) is 0. The minimum absolute atomic E-state index is 0.0182. The number of carbonyl (C=O) groups excluding carboxylic acids is 1. The van der Waals surface area contributed by atoms with Gasteiger partial charge in [0.2, 0.25) is 0 Å². The lowest BCUT2D eigenvalue weighted by Gasteiger charge is -2.23. The van der Waals surface area contributed by atoms with Crippen LogP contribution in [-0.2, 0) is 4.74 Å². The predicted molar refractivity (Wildman–Crippen MR) is 116 cm³/mol. The number of ether oxygens (including phenoxy) is 4. The molecule has 2 heterocycles. The molecular formula is C22H24N2O5S. The number of aromatic nitrogens is 1. The second kappa shape index (κ2) is 8.89. The fraction of sp³-hybridized carbons (Fsp3) is 0.364. The third-order valence-corrected chi connectivity index (χ3v) is 6.12. The van der Waals surface area contributed by atoms with Gasteiger partial charge in [-0.1, -0.05) is 17.4 Å². The second-order valence-electron chi connectivity index (χ2n) is 6.96. The molecule has 3 aromatic rings. The second-order valence-corrected chi connectivity index (χ2v) is 7.96. The molecule has 1 fully saturated rings. The number of anilines is 1. The molecule has 0 N–H and O–H groups in total. The van der Waals surface area contributed by atoms with Crippen LogP contribution >= 0.6 is 11.3 Å². The van der Waals surface area contributed by atoms with Gasteiger partial charge in [0.1, 0.15) is 22.8 Å². The zero-order valence-electron chi connectivity index (χ0n) is 17.2. The molecule has 1 amide bonds. The first-order valence-corrected chi connectivity index (χ1v) is 10.5. The van der Waals surface area contributed by atoms with Gasteiger partial charge in [-0.15, -0.1) is 0 Å². The summed E-state index contributed by atoms with van der Waals surface area (Å²) in [5.41, 5.74) is 1.21. The van der Waals surface area contributed by atoms with E-state index in [9.17, 15) is 4.79 Å². The molecule has 1 unspecified atom stereocenters. The molecule has 1 atom stereocenters. The highest BCUT2D eigenvalue weighted by atomic mass is 32.1. The van der Waals surface area contributed by atoms with Gasteiger partial charge in [0, 0.05) is 18.2 Å². The minimum atomic E-state index is -0.180. The maximum Gasteiger partial charge on any atom is 0.260 e. The number of hydrogen-bond acceptors (Lipinski definition) is 7. The quantitative estimate of drug-likeness (QED) is 0.563. The van der Waals surface area contributed by atoms with Crippen molar-refractivity contribution in [3.05, 3.63) is 42.0 Å². The Morgan fingerprint density at radius 1 is 1.17 bits per heavy atom. The van der Waals surface area contributed by atoms with E-state index in [4.69, 9.17) is 23.9 Å². The van der Waals surface area contributed by atoms with E-state index in [0.29, 0.717) is 41.1 Å². The van der Waals surface area contributed by atoms with Crippen molar-refractivity contribution in [3.63, 3.8) is 0 Å². The topological polar surface area (TPSA) is 70.1 Å². The highest BCUT2D eigenvalue weighted by Crippen LogP contribution is 2.35. The largest absolute Gasteiger partial charge is 0.497 e. The van der Waals surface area contributed by atoms with Crippen molar-refractivity contribution < 1.29 is 23.7 Å². The summed E-state index contributed by atoms with van der Waals surface area (Å²) in [5.74, 6) is 1.62. The standard InChI is InChI=1S/C22H24N2O5S/c1-26-16-10-14(11-17(12-16)27-2)21(25)24(13-15-6-5-9-29-15)22-23-20-18(28-3)7-4-8-19(20)30-22/h4,7-8,10-12,15H,5-6,9,13H2,1-3H3. The molecule has 4 rings (SSSR count). The highest BCUT2D eigenvalue weighted by molar-refractivity contribution is 7.22. The van der Waals surface area contributed by atoms with Crippen molar-refractivity contribution in [2.45, 2.75) is 18.9 Å². The summed E-state index contributed by atoms with van der Waals surface area (Å²) >= 11 is 1.46. The van der Waals surface area contributed by atoms with Crippen LogP contribution < -0.4 is 19.1 Å². The van der Waals surface area contributed by atoms with E-state index in [1.54, 1.807) is 44.4 Å². The van der Waals surface area contributed by atoms with Gasteiger partial charge in [-0.3, -0.25) is 9.69 Å². The zero-order chi connectivity index (χ0) is 21.1. The Morgan fingerprint density at radius 3 is 2.57 bits per heavy atom. The highest BCUT2D eigenvalue weighted by Gasteiger charge is 2.28. The third kappa shape index (κ3) is 4.06. The molecule has 1 aliphatic heterocycles. The Bertz CT molecular complexity index is 1020. The molecule has 2 aromatic carbocycles. The Kier molecular flexibility index (Phi) is 6.06. The lowest BCUT2D eigenvalue weighted by molar-refractivity contribution is 0.0917. The monoisotopic (exact) mass is 428 g/mol. The van der Waals surface area contributed by atoms with Gasteiger partial charge in [0.15, 0.2) is 5.13 Å². The van der Waals surface area contributed by atoms with Crippen LogP contribution in [0.25, 0.3) is 10.2 Å². The summed E-state index contributed by atoms with van der Waals surface area (Å²) in [4.78, 5) is 20.0. The average Bonchev–Trinajstić information content (AvgIpc) is 3.45. The molecule has 0 radical (unpaired) electrons. The van der Waals surface area contributed by atoms with E-state index in [0.717, 1.165) is 23.1 Å². The van der Waals surface area contributed by atoms with Gasteiger partial charge >= 0.3 is 0 Å². The number of para-hydroxylation sites is 1. The summed E-state index contributed by atoms with van der Waals surface area (Å²) < 4.78 is 22.9. The summed E-state index contributed by atoms with van der Waals surface area (Å²) in [6.07, 6.45) is 1.89. The van der Waals surface area contributed by atoms with Gasteiger partial charge in [-0.05, 0) is 37.1 Å². The van der Waals surface area contributed by atoms with Gasteiger partial charge in [-0.25, -0.2) is 4.98 Å². The number of nitrogens with zero attached hydrogens (tertiary/aromatic N) is 2. The summed E-state index contributed by atoms with van der Waals surface area (Å²) in [6, 6.07) is 10.9. The van der Waals surface area contributed by atoms with Crippen LogP contribution in [-0.4, -0.2) is 51.5 Å². The summed E-state index contributed by atoms with van der Waals surface area (Å²) in [6.45, 7) is 1.15. The van der Waals surface area contributed by atoms with Crippen LogP contribution in [0.2, 0.25) is 0 Å². The number of benzene rings is 2. The molecule has 8 heteroatoms. The Labute approximate surface area is 179 Å². The van der Waals surface area contributed by atoms with E-state index in [-0.39, 0.29) is 12.0 Å². The molecule has 0 bridgehead atoms. The fourth-order valence-corrected chi connectivity index (χ4v) is 4.51. The number of carbonyl (C=O) groups is 1. The molecule has 0 saturated carbocycles. The predicted octanol–water partition coefficient (Wildman–Crippen LogP) is 4.15. The van der Waals surface area contributed by atoms with Gasteiger partial charge in [0.25, 0.3) is 5.91 Å². The number of thiazole rings is 1. The van der Waals surface area contributed by atoms with E-state index in [1.165, 1.54) is 11.3 Å². The Balaban J connectivity index is 1.75. The number of amides is 1. The number of methoxy groups -OCH3 is 3. The first kappa shape index (κ1) is 20.4. The van der Waals surface area contributed by atoms with Crippen molar-refractivity contribution in [2.75, 3.05) is 39.4 Å². The van der Waals surface area contributed by atoms with Gasteiger partial charge in [0.05, 0.1) is 38.7 Å². The van der Waals surface area contributed by atoms with Crippen molar-refractivity contribution in [2.24, 2.45) is 0 Å². The average molecular weight is 429 g/mol. The van der Waals surface area contributed by atoms with Crippen LogP contribution in [0, 0.1) is 0 Å². The van der Waals surface area contributed by atoms with Crippen molar-refractivity contribution >= 4 is 32.6 Å². The van der Waals surface area contributed by atoms with Crippen molar-refractivity contribution in [3.8, 4) is 17.2 Å². The smallest absolute Gasteiger partial charge is 0.260 e. The fourth-order valence-electron chi connectivity index (χ4n) is 3.52. The third-order valence-electron chi connectivity index (χ3n) is 5.08. The molecule has 158 valence electrons.